The first-order chi connectivity index (χ1) is 13.9. The molecule has 0 bridgehead atoms. The van der Waals surface area contributed by atoms with E-state index in [1.165, 1.54) is 12.1 Å². The molecule has 0 radical (unpaired) electrons. The van der Waals surface area contributed by atoms with Gasteiger partial charge in [0.25, 0.3) is 0 Å². The molecule has 3 rings (SSSR count). The molecule has 2 atom stereocenters. The third kappa shape index (κ3) is 5.14. The monoisotopic (exact) mass is 404 g/mol. The fourth-order valence-electron chi connectivity index (χ4n) is 4.22. The Morgan fingerprint density at radius 2 is 1.93 bits per heavy atom. The van der Waals surface area contributed by atoms with Crippen LogP contribution in [0.3, 0.4) is 0 Å². The van der Waals surface area contributed by atoms with E-state index in [0.717, 1.165) is 18.5 Å². The largest absolute Gasteiger partial charge is 0.463 e. The molecule has 2 fully saturated rings. The third-order valence-electron chi connectivity index (χ3n) is 5.57. The normalized spacial score (nSPS) is 21.9. The van der Waals surface area contributed by atoms with Crippen molar-refractivity contribution < 1.29 is 23.5 Å². The number of nitrogens with zero attached hydrogens (tertiary/aromatic N) is 2. The number of likely N-dealkylation sites (tertiary alicyclic amines) is 2. The summed E-state index contributed by atoms with van der Waals surface area (Å²) in [5.74, 6) is -1.05. The minimum Gasteiger partial charge on any atom is -0.463 e. The Balaban J connectivity index is 1.69. The van der Waals surface area contributed by atoms with Gasteiger partial charge in [0.05, 0.1) is 18.1 Å². The summed E-state index contributed by atoms with van der Waals surface area (Å²) >= 11 is 0. The molecule has 0 N–H and O–H groups in total. The Bertz CT molecular complexity index is 750. The van der Waals surface area contributed by atoms with Crippen molar-refractivity contribution in [2.24, 2.45) is 5.92 Å². The minimum absolute atomic E-state index is 0.0502. The fourth-order valence-corrected chi connectivity index (χ4v) is 4.22. The summed E-state index contributed by atoms with van der Waals surface area (Å²) in [6.07, 6.45) is 2.66. The Hall–Kier alpha value is -2.44. The number of rotatable bonds is 7. The maximum absolute atomic E-state index is 13.4. The lowest BCUT2D eigenvalue weighted by molar-refractivity contribution is -0.153. The second-order valence-corrected chi connectivity index (χ2v) is 8.05. The van der Waals surface area contributed by atoms with Crippen LogP contribution >= 0.6 is 0 Å². The number of ether oxygens (including phenoxy) is 1. The number of amides is 2. The highest BCUT2D eigenvalue weighted by Gasteiger charge is 2.42. The zero-order valence-electron chi connectivity index (χ0n) is 17.1. The van der Waals surface area contributed by atoms with Crippen molar-refractivity contribution in [2.75, 3.05) is 19.6 Å². The average Bonchev–Trinajstić information content (AvgIpc) is 3.28. The molecule has 6 nitrogen and oxygen atoms in total. The highest BCUT2D eigenvalue weighted by atomic mass is 19.1. The Labute approximate surface area is 171 Å². The standard InChI is InChI=1S/C22H29FN2O4/c1-15(2)29-22(28)18-11-14-25(21(18)16-7-9-17(23)10-8-16)20(27)6-4-13-24-12-3-5-19(24)26/h7-10,15,18,21H,3-6,11-14H2,1-2H3/t18-,21-/m1/s1. The number of carbonyl (C=O) groups excluding carboxylic acids is 3. The molecule has 0 aromatic heterocycles. The predicted molar refractivity (Wildman–Crippen MR) is 105 cm³/mol. The zero-order valence-corrected chi connectivity index (χ0v) is 17.1. The lowest BCUT2D eigenvalue weighted by Gasteiger charge is -2.28. The van der Waals surface area contributed by atoms with Crippen LogP contribution < -0.4 is 0 Å². The molecule has 158 valence electrons. The second kappa shape index (κ2) is 9.37. The first kappa shape index (κ1) is 21.3. The number of esters is 1. The van der Waals surface area contributed by atoms with Crippen molar-refractivity contribution in [1.29, 1.82) is 0 Å². The summed E-state index contributed by atoms with van der Waals surface area (Å²) in [4.78, 5) is 40.8. The van der Waals surface area contributed by atoms with Gasteiger partial charge in [0, 0.05) is 32.5 Å². The molecule has 7 heteroatoms. The average molecular weight is 404 g/mol. The van der Waals surface area contributed by atoms with E-state index in [4.69, 9.17) is 4.74 Å². The number of hydrogen-bond acceptors (Lipinski definition) is 4. The van der Waals surface area contributed by atoms with Crippen LogP contribution in [-0.2, 0) is 19.1 Å². The van der Waals surface area contributed by atoms with Crippen LogP contribution in [0.1, 0.15) is 57.6 Å². The highest BCUT2D eigenvalue weighted by Crippen LogP contribution is 2.39. The van der Waals surface area contributed by atoms with Crippen molar-refractivity contribution in [1.82, 2.24) is 9.80 Å². The van der Waals surface area contributed by atoms with Crippen LogP contribution in [0.25, 0.3) is 0 Å². The van der Waals surface area contributed by atoms with E-state index >= 15 is 0 Å². The SMILES string of the molecule is CC(C)OC(=O)[C@@H]1CCN(C(=O)CCCN2CCCC2=O)[C@@H]1c1ccc(F)cc1. The smallest absolute Gasteiger partial charge is 0.311 e. The zero-order chi connectivity index (χ0) is 21.0. The van der Waals surface area contributed by atoms with Crippen molar-refractivity contribution in [3.63, 3.8) is 0 Å². The molecule has 0 saturated carbocycles. The minimum atomic E-state index is -0.466. The third-order valence-corrected chi connectivity index (χ3v) is 5.57. The molecule has 0 unspecified atom stereocenters. The number of hydrogen-bond donors (Lipinski definition) is 0. The lowest BCUT2D eigenvalue weighted by atomic mass is 9.93. The lowest BCUT2D eigenvalue weighted by Crippen LogP contribution is -2.35. The van der Waals surface area contributed by atoms with E-state index in [1.54, 1.807) is 35.8 Å². The van der Waals surface area contributed by atoms with Gasteiger partial charge >= 0.3 is 5.97 Å². The van der Waals surface area contributed by atoms with E-state index in [-0.39, 0.29) is 29.7 Å². The molecule has 1 aromatic carbocycles. The van der Waals surface area contributed by atoms with Gasteiger partial charge in [-0.2, -0.15) is 0 Å². The van der Waals surface area contributed by atoms with Crippen molar-refractivity contribution in [2.45, 2.75) is 58.1 Å². The maximum Gasteiger partial charge on any atom is 0.311 e. The summed E-state index contributed by atoms with van der Waals surface area (Å²) in [6, 6.07) is 5.50. The van der Waals surface area contributed by atoms with Crippen LogP contribution in [0.2, 0.25) is 0 Å². The van der Waals surface area contributed by atoms with E-state index in [0.29, 0.717) is 38.8 Å². The fraction of sp³-hybridized carbons (Fsp3) is 0.591. The van der Waals surface area contributed by atoms with Gasteiger partial charge in [-0.15, -0.1) is 0 Å². The van der Waals surface area contributed by atoms with Gasteiger partial charge in [-0.3, -0.25) is 14.4 Å². The van der Waals surface area contributed by atoms with Crippen molar-refractivity contribution >= 4 is 17.8 Å². The van der Waals surface area contributed by atoms with Gasteiger partial charge < -0.3 is 14.5 Å². The summed E-state index contributed by atoms with van der Waals surface area (Å²) in [6.45, 7) is 5.39. The van der Waals surface area contributed by atoms with Gasteiger partial charge in [0.15, 0.2) is 0 Å². The maximum atomic E-state index is 13.4. The molecule has 0 spiro atoms. The van der Waals surface area contributed by atoms with Crippen LogP contribution in [-0.4, -0.2) is 53.3 Å². The molecule has 2 saturated heterocycles. The van der Waals surface area contributed by atoms with Crippen LogP contribution in [0.4, 0.5) is 4.39 Å². The summed E-state index contributed by atoms with van der Waals surface area (Å²) in [5, 5.41) is 0. The van der Waals surface area contributed by atoms with E-state index in [1.807, 2.05) is 0 Å². The van der Waals surface area contributed by atoms with E-state index in [9.17, 15) is 18.8 Å². The van der Waals surface area contributed by atoms with Gasteiger partial charge in [-0.1, -0.05) is 12.1 Å². The van der Waals surface area contributed by atoms with Crippen molar-refractivity contribution in [3.05, 3.63) is 35.6 Å². The van der Waals surface area contributed by atoms with E-state index in [2.05, 4.69) is 0 Å². The first-order valence-electron chi connectivity index (χ1n) is 10.4. The summed E-state index contributed by atoms with van der Waals surface area (Å²) in [5.41, 5.74) is 0.734. The Morgan fingerprint density at radius 3 is 2.55 bits per heavy atom. The molecule has 2 heterocycles. The van der Waals surface area contributed by atoms with Gasteiger partial charge in [-0.05, 0) is 50.8 Å². The van der Waals surface area contributed by atoms with Gasteiger partial charge in [-0.25, -0.2) is 4.39 Å². The predicted octanol–water partition coefficient (Wildman–Crippen LogP) is 3.07. The summed E-state index contributed by atoms with van der Waals surface area (Å²) < 4.78 is 18.8. The van der Waals surface area contributed by atoms with Crippen LogP contribution in [0.5, 0.6) is 0 Å². The first-order valence-corrected chi connectivity index (χ1v) is 10.4. The molecule has 2 aliphatic heterocycles. The topological polar surface area (TPSA) is 66.9 Å². The highest BCUT2D eigenvalue weighted by molar-refractivity contribution is 5.81. The molecule has 29 heavy (non-hydrogen) atoms. The number of benzene rings is 1. The van der Waals surface area contributed by atoms with E-state index < -0.39 is 12.0 Å². The van der Waals surface area contributed by atoms with Crippen LogP contribution in [0, 0.1) is 11.7 Å². The molecular formula is C22H29FN2O4. The summed E-state index contributed by atoms with van der Waals surface area (Å²) in [7, 11) is 0. The quantitative estimate of drug-likeness (QED) is 0.655. The molecule has 2 aliphatic rings. The van der Waals surface area contributed by atoms with Crippen molar-refractivity contribution in [3.8, 4) is 0 Å². The number of carbonyl (C=O) groups is 3. The Morgan fingerprint density at radius 1 is 1.21 bits per heavy atom. The molecule has 0 aliphatic carbocycles. The van der Waals surface area contributed by atoms with Gasteiger partial charge in [0.2, 0.25) is 11.8 Å². The second-order valence-electron chi connectivity index (χ2n) is 8.05. The van der Waals surface area contributed by atoms with Crippen LogP contribution in [0.15, 0.2) is 24.3 Å². The Kier molecular flexibility index (Phi) is 6.87. The van der Waals surface area contributed by atoms with Gasteiger partial charge in [0.1, 0.15) is 5.82 Å². The number of halogens is 1. The molecular weight excluding hydrogens is 375 g/mol. The molecule has 2 amide bonds. The molecule has 1 aromatic rings.